The lowest BCUT2D eigenvalue weighted by atomic mass is 10.00. The van der Waals surface area contributed by atoms with E-state index in [-0.39, 0.29) is 52.8 Å². The van der Waals surface area contributed by atoms with Crippen LogP contribution in [0.5, 0.6) is 0 Å². The zero-order valence-corrected chi connectivity index (χ0v) is 24.4. The first kappa shape index (κ1) is 26.4. The van der Waals surface area contributed by atoms with Crippen molar-refractivity contribution in [2.75, 3.05) is 40.3 Å². The maximum absolute atomic E-state index is 5.41. The highest BCUT2D eigenvalue weighted by Crippen LogP contribution is 2.49. The van der Waals surface area contributed by atoms with Crippen molar-refractivity contribution < 1.29 is 56.9 Å². The number of quaternary nitrogens is 2. The second-order valence-electron chi connectivity index (χ2n) is 10.3. The molecule has 2 unspecified atom stereocenters. The Morgan fingerprint density at radius 3 is 1.91 bits per heavy atom. The minimum atomic E-state index is 0. The minimum Gasteiger partial charge on any atom is -1.00 e. The van der Waals surface area contributed by atoms with E-state index in [9.17, 15) is 0 Å². The molecule has 0 aromatic heterocycles. The average molecular weight is 675 g/mol. The number of rotatable bonds is 4. The van der Waals surface area contributed by atoms with E-state index in [4.69, 9.17) is 4.99 Å². The molecule has 0 amide bonds. The van der Waals surface area contributed by atoms with Gasteiger partial charge in [0.1, 0.15) is 18.0 Å². The third kappa shape index (κ3) is 5.90. The van der Waals surface area contributed by atoms with E-state index in [1.165, 1.54) is 62.3 Å². The Balaban J connectivity index is 0.00000144. The predicted octanol–water partition coefficient (Wildman–Crippen LogP) is -1.26. The molecule has 2 aromatic carbocycles. The summed E-state index contributed by atoms with van der Waals surface area (Å²) >= 11 is 2.21. The monoisotopic (exact) mass is 675 g/mol. The van der Waals surface area contributed by atoms with Gasteiger partial charge in [0.05, 0.1) is 45.5 Å². The Kier molecular flexibility index (Phi) is 8.78. The molecule has 0 N–H and O–H groups in total. The first-order valence-corrected chi connectivity index (χ1v) is 12.3. The predicted molar refractivity (Wildman–Crippen MR) is 128 cm³/mol. The van der Waals surface area contributed by atoms with Crippen molar-refractivity contribution in [1.82, 2.24) is 0 Å². The van der Waals surface area contributed by atoms with E-state index in [0.717, 1.165) is 22.1 Å². The van der Waals surface area contributed by atoms with Crippen molar-refractivity contribution in [3.8, 4) is 0 Å². The summed E-state index contributed by atoms with van der Waals surface area (Å²) in [6, 6.07) is 22.0. The molecular weight excluding hydrogens is 640 g/mol. The number of fused-ring (bicyclic) bond motifs is 1. The van der Waals surface area contributed by atoms with Gasteiger partial charge in [0.25, 0.3) is 0 Å². The molecule has 6 heteroatoms. The fraction of sp³-hybridized carbons (Fsp3) is 0.500. The van der Waals surface area contributed by atoms with Gasteiger partial charge < -0.3 is 56.9 Å². The lowest BCUT2D eigenvalue weighted by Crippen LogP contribution is -3.00. The SMILES string of the molecule is C[N+]1(Cc2ccccc2)CCC2(CC1)N=C1CC[N+](C)(Cc3ccccc3)CC1S2.[I-].[I-]. The first-order chi connectivity index (χ1) is 14.5. The van der Waals surface area contributed by atoms with Gasteiger partial charge in [-0.15, -0.1) is 11.8 Å². The van der Waals surface area contributed by atoms with Crippen LogP contribution in [0.1, 0.15) is 30.4 Å². The molecule has 0 saturated carbocycles. The minimum absolute atomic E-state index is 0. The van der Waals surface area contributed by atoms with E-state index in [1.54, 1.807) is 0 Å². The van der Waals surface area contributed by atoms with Crippen LogP contribution < -0.4 is 48.0 Å². The molecule has 3 aliphatic rings. The molecular formula is C26H35I2N3S. The summed E-state index contributed by atoms with van der Waals surface area (Å²) in [5.74, 6) is 0. The number of halogens is 2. The maximum Gasteiger partial charge on any atom is 0.117 e. The van der Waals surface area contributed by atoms with Gasteiger partial charge in [0.15, 0.2) is 0 Å². The number of nitrogens with zero attached hydrogens (tertiary/aromatic N) is 3. The number of piperidine rings is 2. The average Bonchev–Trinajstić information content (AvgIpc) is 3.09. The molecule has 0 bridgehead atoms. The molecule has 3 nitrogen and oxygen atoms in total. The third-order valence-electron chi connectivity index (χ3n) is 7.49. The van der Waals surface area contributed by atoms with Crippen molar-refractivity contribution in [2.45, 2.75) is 42.5 Å². The summed E-state index contributed by atoms with van der Waals surface area (Å²) in [7, 11) is 4.89. The Hall–Kier alpha value is -0.160. The summed E-state index contributed by atoms with van der Waals surface area (Å²) in [5, 5.41) is 0.624. The highest BCUT2D eigenvalue weighted by atomic mass is 127. The van der Waals surface area contributed by atoms with Crippen molar-refractivity contribution in [3.05, 3.63) is 71.8 Å². The second kappa shape index (κ2) is 10.6. The van der Waals surface area contributed by atoms with E-state index in [2.05, 4.69) is 86.5 Å². The topological polar surface area (TPSA) is 12.4 Å². The molecule has 1 spiro atoms. The molecule has 2 fully saturated rings. The zero-order chi connectivity index (χ0) is 20.7. The Labute approximate surface area is 232 Å². The molecule has 0 radical (unpaired) electrons. The number of aliphatic imine (C=N–C) groups is 1. The molecule has 2 aromatic rings. The summed E-state index contributed by atoms with van der Waals surface area (Å²) in [6.45, 7) is 7.22. The van der Waals surface area contributed by atoms with Crippen LogP contribution in [0.3, 0.4) is 0 Å². The van der Waals surface area contributed by atoms with Gasteiger partial charge in [-0.1, -0.05) is 60.7 Å². The normalized spacial score (nSPS) is 33.6. The van der Waals surface area contributed by atoms with Crippen molar-refractivity contribution in [3.63, 3.8) is 0 Å². The van der Waals surface area contributed by atoms with Crippen LogP contribution in [0.4, 0.5) is 0 Å². The standard InChI is InChI=1S/C26H35N3S.2HI/c1-28(19-22-9-5-3-6-10-22)17-14-26(15-18-28)27-24-13-16-29(2,21-25(24)30-26)20-23-11-7-4-8-12-23;;/h3-12,25H,13-21H2,1-2H3;2*1H/q+2;;/p-2. The van der Waals surface area contributed by atoms with Crippen molar-refractivity contribution >= 4 is 17.5 Å². The van der Waals surface area contributed by atoms with E-state index in [0.29, 0.717) is 5.25 Å². The highest BCUT2D eigenvalue weighted by molar-refractivity contribution is 8.02. The summed E-state index contributed by atoms with van der Waals surface area (Å²) in [6.07, 6.45) is 3.63. The van der Waals surface area contributed by atoms with Crippen LogP contribution in [0.25, 0.3) is 0 Å². The number of hydrogen-bond donors (Lipinski definition) is 0. The van der Waals surface area contributed by atoms with Crippen LogP contribution in [0, 0.1) is 0 Å². The Morgan fingerprint density at radius 2 is 1.34 bits per heavy atom. The van der Waals surface area contributed by atoms with Gasteiger partial charge in [-0.05, 0) is 0 Å². The second-order valence-corrected chi connectivity index (χ2v) is 11.9. The lowest BCUT2D eigenvalue weighted by Gasteiger charge is -2.44. The summed E-state index contributed by atoms with van der Waals surface area (Å²) < 4.78 is 2.31. The first-order valence-electron chi connectivity index (χ1n) is 11.5. The van der Waals surface area contributed by atoms with Crippen LogP contribution in [0.2, 0.25) is 0 Å². The molecule has 2 saturated heterocycles. The third-order valence-corrected chi connectivity index (χ3v) is 9.14. The van der Waals surface area contributed by atoms with Gasteiger partial charge in [0.2, 0.25) is 0 Å². The Morgan fingerprint density at radius 1 is 0.812 bits per heavy atom. The van der Waals surface area contributed by atoms with Gasteiger partial charge in [0, 0.05) is 36.1 Å². The molecule has 32 heavy (non-hydrogen) atoms. The molecule has 5 rings (SSSR count). The largest absolute Gasteiger partial charge is 1.00 e. The Bertz CT molecular complexity index is 913. The van der Waals surface area contributed by atoms with Gasteiger partial charge >= 0.3 is 0 Å². The molecule has 0 aliphatic carbocycles. The molecule has 174 valence electrons. The quantitative estimate of drug-likeness (QED) is 0.292. The van der Waals surface area contributed by atoms with E-state index in [1.807, 2.05) is 0 Å². The van der Waals surface area contributed by atoms with Crippen LogP contribution >= 0.6 is 11.8 Å². The fourth-order valence-corrected chi connectivity index (χ4v) is 7.49. The zero-order valence-electron chi connectivity index (χ0n) is 19.2. The lowest BCUT2D eigenvalue weighted by molar-refractivity contribution is -0.927. The number of thioether (sulfide) groups is 1. The maximum atomic E-state index is 5.41. The number of benzene rings is 2. The van der Waals surface area contributed by atoms with Gasteiger partial charge in [-0.2, -0.15) is 0 Å². The molecule has 3 heterocycles. The number of likely N-dealkylation sites (tertiary alicyclic amines) is 2. The fourth-order valence-electron chi connectivity index (χ4n) is 5.63. The van der Waals surface area contributed by atoms with Crippen LogP contribution in [-0.4, -0.2) is 65.1 Å². The van der Waals surface area contributed by atoms with Crippen LogP contribution in [0.15, 0.2) is 65.7 Å². The summed E-state index contributed by atoms with van der Waals surface area (Å²) in [5.41, 5.74) is 4.44. The summed E-state index contributed by atoms with van der Waals surface area (Å²) in [4.78, 5) is 5.57. The van der Waals surface area contributed by atoms with Crippen LogP contribution in [-0.2, 0) is 13.1 Å². The van der Waals surface area contributed by atoms with E-state index >= 15 is 0 Å². The molecule has 3 aliphatic heterocycles. The highest BCUT2D eigenvalue weighted by Gasteiger charge is 2.50. The molecule has 2 atom stereocenters. The van der Waals surface area contributed by atoms with Crippen molar-refractivity contribution in [1.29, 1.82) is 0 Å². The van der Waals surface area contributed by atoms with Crippen molar-refractivity contribution in [2.24, 2.45) is 4.99 Å². The van der Waals surface area contributed by atoms with E-state index < -0.39 is 0 Å². The van der Waals surface area contributed by atoms with Gasteiger partial charge in [-0.25, -0.2) is 0 Å². The smallest absolute Gasteiger partial charge is 0.117 e. The number of hydrogen-bond acceptors (Lipinski definition) is 2. The van der Waals surface area contributed by atoms with Gasteiger partial charge in [-0.3, -0.25) is 4.99 Å².